The first-order chi connectivity index (χ1) is 12.9. The lowest BCUT2D eigenvalue weighted by Gasteiger charge is -2.57. The summed E-state index contributed by atoms with van der Waals surface area (Å²) in [6, 6.07) is 0. The van der Waals surface area contributed by atoms with Crippen molar-refractivity contribution in [3.8, 4) is 0 Å². The second kappa shape index (κ2) is 7.72. The Labute approximate surface area is 173 Å². The average molecular weight is 441 g/mol. The number of carbonyl (C=O) groups is 1. The minimum Gasteiger partial charge on any atom is -0.387 e. The number of aliphatic hydroxyl groups is 1. The monoisotopic (exact) mass is 440 g/mol. The van der Waals surface area contributed by atoms with Crippen molar-refractivity contribution in [2.24, 2.45) is 40.9 Å². The lowest BCUT2D eigenvalue weighted by molar-refractivity contribution is -0.136. The molecule has 0 aromatic rings. The standard InChI is InChI=1S/C23H37BrO3/c1-3-27-14-23(26)11-9-16-15(12-23)4-5-18-17(16)8-10-22(2)19(18)6-7-20(22)21(25)13-24/h15-20,26H,3-14H2,1-2H3/t15-,16-,17+,18+,19-,20+,22?,23+/m0/s1. The number of alkyl halides is 1. The van der Waals surface area contributed by atoms with Gasteiger partial charge in [0.15, 0.2) is 0 Å². The summed E-state index contributed by atoms with van der Waals surface area (Å²) in [6.45, 7) is 5.64. The highest BCUT2D eigenvalue weighted by Gasteiger charge is 2.58. The molecular formula is C23H37BrO3. The second-order valence-corrected chi connectivity index (χ2v) is 10.9. The largest absolute Gasteiger partial charge is 0.387 e. The SMILES string of the molecule is CCOC[C@@]1(O)CC[C@H]2[C@@H](CC[C@@H]3[C@@H]2CCC2(C)[C@@H](C(=O)CBr)CC[C@@H]32)C1. The second-order valence-electron chi connectivity index (χ2n) is 10.3. The minimum atomic E-state index is -0.589. The van der Waals surface area contributed by atoms with Gasteiger partial charge >= 0.3 is 0 Å². The molecular weight excluding hydrogens is 404 g/mol. The average Bonchev–Trinajstić information content (AvgIpc) is 3.02. The van der Waals surface area contributed by atoms with Crippen molar-refractivity contribution in [1.29, 1.82) is 0 Å². The van der Waals surface area contributed by atoms with Gasteiger partial charge in [-0.3, -0.25) is 4.79 Å². The Kier molecular flexibility index (Phi) is 5.82. The van der Waals surface area contributed by atoms with Crippen LogP contribution in [0.25, 0.3) is 0 Å². The van der Waals surface area contributed by atoms with E-state index >= 15 is 0 Å². The third kappa shape index (κ3) is 3.46. The van der Waals surface area contributed by atoms with Crippen molar-refractivity contribution in [3.63, 3.8) is 0 Å². The number of fused-ring (bicyclic) bond motifs is 5. The van der Waals surface area contributed by atoms with Gasteiger partial charge in [-0.2, -0.15) is 0 Å². The molecule has 0 heterocycles. The van der Waals surface area contributed by atoms with Crippen molar-refractivity contribution in [3.05, 3.63) is 0 Å². The minimum absolute atomic E-state index is 0.239. The first-order valence-electron chi connectivity index (χ1n) is 11.3. The van der Waals surface area contributed by atoms with Crippen LogP contribution >= 0.6 is 15.9 Å². The van der Waals surface area contributed by atoms with E-state index in [1.165, 1.54) is 38.5 Å². The normalized spacial score (nSPS) is 49.2. The van der Waals surface area contributed by atoms with E-state index in [2.05, 4.69) is 22.9 Å². The third-order valence-electron chi connectivity index (χ3n) is 9.20. The zero-order chi connectivity index (χ0) is 19.2. The van der Waals surface area contributed by atoms with Crippen LogP contribution < -0.4 is 0 Å². The summed E-state index contributed by atoms with van der Waals surface area (Å²) in [5.74, 6) is 4.58. The molecule has 1 unspecified atom stereocenters. The molecule has 0 spiro atoms. The number of ketones is 1. The molecule has 0 aromatic carbocycles. The van der Waals surface area contributed by atoms with Crippen molar-refractivity contribution < 1.29 is 14.6 Å². The van der Waals surface area contributed by atoms with Crippen molar-refractivity contribution >= 4 is 21.7 Å². The van der Waals surface area contributed by atoms with E-state index in [1.54, 1.807) is 0 Å². The van der Waals surface area contributed by atoms with Crippen LogP contribution in [0.3, 0.4) is 0 Å². The van der Waals surface area contributed by atoms with Crippen LogP contribution in [0.4, 0.5) is 0 Å². The van der Waals surface area contributed by atoms with Crippen LogP contribution in [0.5, 0.6) is 0 Å². The van der Waals surface area contributed by atoms with Gasteiger partial charge in [-0.1, -0.05) is 22.9 Å². The predicted octanol–water partition coefficient (Wildman–Crippen LogP) is 4.99. The van der Waals surface area contributed by atoms with E-state index in [-0.39, 0.29) is 11.3 Å². The Morgan fingerprint density at radius 3 is 2.59 bits per heavy atom. The van der Waals surface area contributed by atoms with E-state index < -0.39 is 5.60 Å². The summed E-state index contributed by atoms with van der Waals surface area (Å²) in [5.41, 5.74) is -0.350. The van der Waals surface area contributed by atoms with Crippen LogP contribution in [0, 0.1) is 40.9 Å². The van der Waals surface area contributed by atoms with E-state index in [4.69, 9.17) is 4.74 Å². The van der Waals surface area contributed by atoms with Gasteiger partial charge in [0.25, 0.3) is 0 Å². The Morgan fingerprint density at radius 2 is 1.85 bits per heavy atom. The lowest BCUT2D eigenvalue weighted by Crippen LogP contribution is -2.52. The maximum atomic E-state index is 12.5. The molecule has 4 heteroatoms. The van der Waals surface area contributed by atoms with Crippen molar-refractivity contribution in [2.45, 2.75) is 77.2 Å². The first-order valence-corrected chi connectivity index (χ1v) is 12.4. The molecule has 27 heavy (non-hydrogen) atoms. The summed E-state index contributed by atoms with van der Waals surface area (Å²) in [4.78, 5) is 12.5. The molecule has 0 amide bonds. The third-order valence-corrected chi connectivity index (χ3v) is 9.75. The maximum absolute atomic E-state index is 12.5. The highest BCUT2D eigenvalue weighted by Crippen LogP contribution is 2.64. The molecule has 4 rings (SSSR count). The number of carbonyl (C=O) groups excluding carboxylic acids is 1. The summed E-state index contributed by atoms with van der Waals surface area (Å²) in [7, 11) is 0. The van der Waals surface area contributed by atoms with Crippen molar-refractivity contribution in [2.75, 3.05) is 18.5 Å². The van der Waals surface area contributed by atoms with E-state index in [1.807, 2.05) is 6.92 Å². The molecule has 4 aliphatic carbocycles. The van der Waals surface area contributed by atoms with E-state index in [0.29, 0.717) is 30.2 Å². The van der Waals surface area contributed by atoms with Gasteiger partial charge in [-0.25, -0.2) is 0 Å². The first kappa shape index (κ1) is 20.3. The van der Waals surface area contributed by atoms with Crippen molar-refractivity contribution in [1.82, 2.24) is 0 Å². The van der Waals surface area contributed by atoms with Crippen LogP contribution in [-0.2, 0) is 9.53 Å². The molecule has 1 N–H and O–H groups in total. The number of rotatable bonds is 5. The summed E-state index contributed by atoms with van der Waals surface area (Å²) < 4.78 is 5.59. The summed E-state index contributed by atoms with van der Waals surface area (Å²) in [5, 5.41) is 11.5. The molecule has 0 saturated heterocycles. The van der Waals surface area contributed by atoms with Gasteiger partial charge in [0.2, 0.25) is 0 Å². The van der Waals surface area contributed by atoms with Gasteiger partial charge in [0.1, 0.15) is 5.78 Å². The Bertz CT molecular complexity index is 566. The smallest absolute Gasteiger partial charge is 0.147 e. The number of hydrogen-bond donors (Lipinski definition) is 1. The van der Waals surface area contributed by atoms with E-state index in [0.717, 1.165) is 42.9 Å². The Morgan fingerprint density at radius 1 is 1.07 bits per heavy atom. The molecule has 0 aromatic heterocycles. The number of halogens is 1. The number of Topliss-reactive ketones (excluding diaryl/α,β-unsaturated/α-hetero) is 1. The summed E-state index contributed by atoms with van der Waals surface area (Å²) in [6.07, 6.45) is 10.5. The Hall–Kier alpha value is 0.0700. The molecule has 0 aliphatic heterocycles. The number of hydrogen-bond acceptors (Lipinski definition) is 3. The van der Waals surface area contributed by atoms with Gasteiger partial charge < -0.3 is 9.84 Å². The molecule has 4 fully saturated rings. The molecule has 0 radical (unpaired) electrons. The zero-order valence-electron chi connectivity index (χ0n) is 17.1. The molecule has 0 bridgehead atoms. The van der Waals surface area contributed by atoms with Gasteiger partial charge in [-0.15, -0.1) is 0 Å². The number of ether oxygens (including phenoxy) is 1. The van der Waals surface area contributed by atoms with Crippen LogP contribution in [0.1, 0.15) is 71.6 Å². The molecule has 3 nitrogen and oxygen atoms in total. The van der Waals surface area contributed by atoms with E-state index in [9.17, 15) is 9.90 Å². The van der Waals surface area contributed by atoms with Gasteiger partial charge in [0.05, 0.1) is 17.5 Å². The summed E-state index contributed by atoms with van der Waals surface area (Å²) >= 11 is 3.42. The Balaban J connectivity index is 1.47. The highest BCUT2D eigenvalue weighted by atomic mass is 79.9. The highest BCUT2D eigenvalue weighted by molar-refractivity contribution is 9.09. The van der Waals surface area contributed by atoms with Gasteiger partial charge in [0, 0.05) is 12.5 Å². The fourth-order valence-corrected chi connectivity index (χ4v) is 8.40. The quantitative estimate of drug-likeness (QED) is 0.612. The molecule has 8 atom stereocenters. The van der Waals surface area contributed by atoms with Crippen LogP contribution in [-0.4, -0.2) is 35.0 Å². The molecule has 4 saturated carbocycles. The zero-order valence-corrected chi connectivity index (χ0v) is 18.7. The molecule has 154 valence electrons. The van der Waals surface area contributed by atoms with Crippen LogP contribution in [0.2, 0.25) is 0 Å². The topological polar surface area (TPSA) is 46.5 Å². The predicted molar refractivity (Wildman–Crippen MR) is 111 cm³/mol. The van der Waals surface area contributed by atoms with Crippen LogP contribution in [0.15, 0.2) is 0 Å². The molecule has 4 aliphatic rings. The lowest BCUT2D eigenvalue weighted by atomic mass is 9.49. The maximum Gasteiger partial charge on any atom is 0.147 e. The fourth-order valence-electron chi connectivity index (χ4n) is 8.01. The fraction of sp³-hybridized carbons (Fsp3) is 0.957. The van der Waals surface area contributed by atoms with Gasteiger partial charge in [-0.05, 0) is 99.7 Å².